The standard InChI is InChI=1S/C28H32Cl3NO2S/c1-5-6-24-27(33)32(23(17-7-8-17)16-35-28(2,3)4)25(18-9-12-20(29)13-10-18)26(34-24)19-11-14-21(30)22(31)15-19/h5,9-15,17,23-26H,1,6-8,16H2,2-4H3/t23-,24-,25-,26-/m1/s1. The van der Waals surface area contributed by atoms with E-state index < -0.39 is 12.2 Å². The van der Waals surface area contributed by atoms with Crippen molar-refractivity contribution < 1.29 is 9.53 Å². The van der Waals surface area contributed by atoms with Crippen LogP contribution in [0.2, 0.25) is 15.1 Å². The fourth-order valence-electron chi connectivity index (χ4n) is 4.64. The predicted octanol–water partition coefficient (Wildman–Crippen LogP) is 8.54. The van der Waals surface area contributed by atoms with Crippen LogP contribution in [0.25, 0.3) is 0 Å². The van der Waals surface area contributed by atoms with Crippen LogP contribution in [-0.4, -0.2) is 33.5 Å². The monoisotopic (exact) mass is 551 g/mol. The lowest BCUT2D eigenvalue weighted by Crippen LogP contribution is -2.56. The Balaban J connectivity index is 1.84. The molecule has 0 aromatic heterocycles. The first-order valence-corrected chi connectivity index (χ1v) is 14.1. The van der Waals surface area contributed by atoms with Crippen LogP contribution in [0.5, 0.6) is 0 Å². The summed E-state index contributed by atoms with van der Waals surface area (Å²) in [5, 5.41) is 1.61. The van der Waals surface area contributed by atoms with Gasteiger partial charge in [0, 0.05) is 28.0 Å². The highest BCUT2D eigenvalue weighted by atomic mass is 35.5. The second-order valence-electron chi connectivity index (χ2n) is 10.3. The summed E-state index contributed by atoms with van der Waals surface area (Å²) in [5.74, 6) is 1.38. The minimum atomic E-state index is -0.601. The van der Waals surface area contributed by atoms with E-state index in [9.17, 15) is 4.79 Å². The lowest BCUT2D eigenvalue weighted by atomic mass is 9.89. The highest BCUT2D eigenvalue weighted by molar-refractivity contribution is 8.00. The van der Waals surface area contributed by atoms with E-state index in [0.717, 1.165) is 29.7 Å². The molecule has 0 radical (unpaired) electrons. The Labute approximate surface area is 228 Å². The number of amides is 1. The number of thioether (sulfide) groups is 1. The van der Waals surface area contributed by atoms with Gasteiger partial charge in [-0.3, -0.25) is 4.79 Å². The number of hydrogen-bond donors (Lipinski definition) is 0. The van der Waals surface area contributed by atoms with Crippen LogP contribution in [-0.2, 0) is 9.53 Å². The zero-order chi connectivity index (χ0) is 25.3. The Morgan fingerprint density at radius 3 is 2.31 bits per heavy atom. The van der Waals surface area contributed by atoms with E-state index in [0.29, 0.717) is 27.4 Å². The highest BCUT2D eigenvalue weighted by Crippen LogP contribution is 2.49. The molecule has 2 aromatic rings. The lowest BCUT2D eigenvalue weighted by Gasteiger charge is -2.48. The molecule has 7 heteroatoms. The van der Waals surface area contributed by atoms with Gasteiger partial charge in [0.1, 0.15) is 12.2 Å². The summed E-state index contributed by atoms with van der Waals surface area (Å²) >= 11 is 20.8. The highest BCUT2D eigenvalue weighted by Gasteiger charge is 2.49. The van der Waals surface area contributed by atoms with Gasteiger partial charge in [-0.15, -0.1) is 6.58 Å². The normalized spacial score (nSPS) is 23.9. The Hall–Kier alpha value is -1.17. The van der Waals surface area contributed by atoms with E-state index in [-0.39, 0.29) is 22.7 Å². The third-order valence-electron chi connectivity index (χ3n) is 6.50. The van der Waals surface area contributed by atoms with Crippen molar-refractivity contribution in [2.75, 3.05) is 5.75 Å². The number of halogens is 3. The second-order valence-corrected chi connectivity index (χ2v) is 13.4. The van der Waals surface area contributed by atoms with Crippen LogP contribution in [0, 0.1) is 5.92 Å². The first kappa shape index (κ1) is 26.9. The fourth-order valence-corrected chi connectivity index (χ4v) is 6.18. The van der Waals surface area contributed by atoms with E-state index >= 15 is 0 Å². The zero-order valence-electron chi connectivity index (χ0n) is 20.3. The van der Waals surface area contributed by atoms with Gasteiger partial charge in [-0.2, -0.15) is 11.8 Å². The van der Waals surface area contributed by atoms with Crippen molar-refractivity contribution in [2.45, 2.75) is 69.1 Å². The molecular weight excluding hydrogens is 521 g/mol. The number of ether oxygens (including phenoxy) is 1. The largest absolute Gasteiger partial charge is 0.358 e. The first-order valence-electron chi connectivity index (χ1n) is 12.0. The zero-order valence-corrected chi connectivity index (χ0v) is 23.4. The fraction of sp³-hybridized carbons (Fsp3) is 0.464. The molecule has 0 unspecified atom stereocenters. The number of nitrogens with zero attached hydrogens (tertiary/aromatic N) is 1. The van der Waals surface area contributed by atoms with Gasteiger partial charge >= 0.3 is 0 Å². The number of hydrogen-bond acceptors (Lipinski definition) is 3. The molecule has 2 aromatic carbocycles. The van der Waals surface area contributed by atoms with Crippen molar-refractivity contribution in [1.82, 2.24) is 4.90 Å². The van der Waals surface area contributed by atoms with E-state index in [4.69, 9.17) is 39.5 Å². The van der Waals surface area contributed by atoms with E-state index in [1.54, 1.807) is 12.1 Å². The molecule has 0 spiro atoms. The summed E-state index contributed by atoms with van der Waals surface area (Å²) in [6.45, 7) is 10.5. The van der Waals surface area contributed by atoms with Gasteiger partial charge in [-0.05, 0) is 54.2 Å². The first-order chi connectivity index (χ1) is 16.6. The topological polar surface area (TPSA) is 29.5 Å². The predicted molar refractivity (Wildman–Crippen MR) is 149 cm³/mol. The lowest BCUT2D eigenvalue weighted by molar-refractivity contribution is -0.178. The minimum absolute atomic E-state index is 0.0209. The number of benzene rings is 2. The maximum atomic E-state index is 14.0. The molecule has 1 aliphatic carbocycles. The van der Waals surface area contributed by atoms with Crippen molar-refractivity contribution in [1.29, 1.82) is 0 Å². The molecule has 1 aliphatic heterocycles. The van der Waals surface area contributed by atoms with Crippen LogP contribution in [0.4, 0.5) is 0 Å². The van der Waals surface area contributed by atoms with E-state index in [2.05, 4.69) is 32.3 Å². The number of morpholine rings is 1. The average molecular weight is 553 g/mol. The molecule has 3 nitrogen and oxygen atoms in total. The van der Waals surface area contributed by atoms with Crippen molar-refractivity contribution in [2.24, 2.45) is 5.92 Å². The van der Waals surface area contributed by atoms with Gasteiger partial charge in [0.25, 0.3) is 5.91 Å². The van der Waals surface area contributed by atoms with Crippen molar-refractivity contribution in [3.05, 3.63) is 81.3 Å². The van der Waals surface area contributed by atoms with Gasteiger partial charge in [-0.25, -0.2) is 0 Å². The van der Waals surface area contributed by atoms with Crippen LogP contribution < -0.4 is 0 Å². The maximum Gasteiger partial charge on any atom is 0.252 e. The van der Waals surface area contributed by atoms with Gasteiger partial charge in [0.05, 0.1) is 16.1 Å². The van der Waals surface area contributed by atoms with E-state index in [1.807, 2.05) is 48.2 Å². The van der Waals surface area contributed by atoms with Crippen LogP contribution in [0.3, 0.4) is 0 Å². The molecule has 1 amide bonds. The SMILES string of the molecule is C=CC[C@H]1O[C@H](c2ccc(Cl)c(Cl)c2)[C@@H](c2ccc(Cl)cc2)N([C@H](CSC(C)(C)C)C2CC2)C1=O. The molecule has 0 N–H and O–H groups in total. The maximum absolute atomic E-state index is 14.0. The second kappa shape index (κ2) is 11.1. The van der Waals surface area contributed by atoms with Gasteiger partial charge in [0.2, 0.25) is 0 Å². The molecule has 2 aliphatic rings. The van der Waals surface area contributed by atoms with Crippen molar-refractivity contribution in [3.8, 4) is 0 Å². The molecule has 35 heavy (non-hydrogen) atoms. The molecule has 1 saturated carbocycles. The van der Waals surface area contributed by atoms with Gasteiger partial charge in [0.15, 0.2) is 0 Å². The molecule has 188 valence electrons. The minimum Gasteiger partial charge on any atom is -0.358 e. The summed E-state index contributed by atoms with van der Waals surface area (Å²) in [6.07, 6.45) is 3.47. The van der Waals surface area contributed by atoms with Crippen LogP contribution in [0.1, 0.15) is 63.3 Å². The summed E-state index contributed by atoms with van der Waals surface area (Å²) in [6, 6.07) is 13.1. The smallest absolute Gasteiger partial charge is 0.252 e. The number of rotatable bonds is 8. The molecular formula is C28H32Cl3NO2S. The van der Waals surface area contributed by atoms with Crippen LogP contribution >= 0.6 is 46.6 Å². The van der Waals surface area contributed by atoms with Gasteiger partial charge < -0.3 is 9.64 Å². The molecule has 4 atom stereocenters. The van der Waals surface area contributed by atoms with Crippen molar-refractivity contribution >= 4 is 52.5 Å². The van der Waals surface area contributed by atoms with Gasteiger partial charge in [-0.1, -0.05) is 79.8 Å². The molecule has 0 bridgehead atoms. The van der Waals surface area contributed by atoms with E-state index in [1.165, 1.54) is 0 Å². The quantitative estimate of drug-likeness (QED) is 0.307. The molecule has 4 rings (SSSR count). The third kappa shape index (κ3) is 6.40. The van der Waals surface area contributed by atoms with Crippen molar-refractivity contribution in [3.63, 3.8) is 0 Å². The summed E-state index contributed by atoms with van der Waals surface area (Å²) in [4.78, 5) is 16.1. The summed E-state index contributed by atoms with van der Waals surface area (Å²) in [7, 11) is 0. The molecule has 1 saturated heterocycles. The number of carbonyl (C=O) groups is 1. The Bertz CT molecular complexity index is 1060. The average Bonchev–Trinajstić information content (AvgIpc) is 3.63. The number of carbonyl (C=O) groups excluding carboxylic acids is 1. The van der Waals surface area contributed by atoms with Crippen LogP contribution in [0.15, 0.2) is 55.1 Å². The Morgan fingerprint density at radius 1 is 1.09 bits per heavy atom. The Kier molecular flexibility index (Phi) is 8.50. The Morgan fingerprint density at radius 2 is 1.74 bits per heavy atom. The third-order valence-corrected chi connectivity index (χ3v) is 8.87. The molecule has 2 fully saturated rings. The summed E-state index contributed by atoms with van der Waals surface area (Å²) < 4.78 is 6.64. The summed E-state index contributed by atoms with van der Waals surface area (Å²) in [5.41, 5.74) is 1.88. The molecule has 1 heterocycles.